The molecule has 0 heterocycles. The molecule has 0 saturated heterocycles. The van der Waals surface area contributed by atoms with Gasteiger partial charge in [-0.05, 0) is 93.8 Å². The Morgan fingerprint density at radius 1 is 0.917 bits per heavy atom. The average Bonchev–Trinajstić information content (AvgIpc) is 2.63. The Morgan fingerprint density at radius 3 is 2.04 bits per heavy atom. The molecule has 3 saturated carbocycles. The predicted octanol–water partition coefficient (Wildman–Crippen LogP) is 6.21. The first-order valence-electron chi connectivity index (χ1n) is 10.5. The third-order valence-electron chi connectivity index (χ3n) is 7.84. The van der Waals surface area contributed by atoms with Crippen molar-refractivity contribution in [3.05, 3.63) is 12.7 Å². The maximum atomic E-state index is 11.2. The molecule has 3 fully saturated rings. The molecule has 2 nitrogen and oxygen atoms in total. The second-order valence-corrected chi connectivity index (χ2v) is 8.98. The van der Waals surface area contributed by atoms with Gasteiger partial charge in [-0.1, -0.05) is 25.3 Å². The fourth-order valence-electron chi connectivity index (χ4n) is 6.31. The average molecular weight is 333 g/mol. The van der Waals surface area contributed by atoms with Crippen molar-refractivity contribution in [1.29, 1.82) is 0 Å². The number of carbonyl (C=O) groups is 1. The van der Waals surface area contributed by atoms with Gasteiger partial charge in [-0.25, -0.2) is 0 Å². The van der Waals surface area contributed by atoms with E-state index in [2.05, 4.69) is 12.7 Å². The summed E-state index contributed by atoms with van der Waals surface area (Å²) in [5.41, 5.74) is 0.553. The summed E-state index contributed by atoms with van der Waals surface area (Å²) < 4.78 is 0. The molecule has 0 unspecified atom stereocenters. The van der Waals surface area contributed by atoms with Crippen LogP contribution in [-0.2, 0) is 4.79 Å². The fraction of sp³-hybridized carbons (Fsp3) is 0.864. The molecule has 1 N–H and O–H groups in total. The Kier molecular flexibility index (Phi) is 6.05. The summed E-state index contributed by atoms with van der Waals surface area (Å²) in [6, 6.07) is 0. The summed E-state index contributed by atoms with van der Waals surface area (Å²) in [5, 5.41) is 9.20. The Balaban J connectivity index is 1.55. The SMILES string of the molecule is C=CC[C@]1(C2CCCCC2)CC[C@H]([C@H]2CC[C@H](C(=O)O)CC2)CC1. The number of hydrogen-bond donors (Lipinski definition) is 1. The topological polar surface area (TPSA) is 37.3 Å². The van der Waals surface area contributed by atoms with Crippen molar-refractivity contribution >= 4 is 5.97 Å². The van der Waals surface area contributed by atoms with Gasteiger partial charge in [0.05, 0.1) is 5.92 Å². The fourth-order valence-corrected chi connectivity index (χ4v) is 6.31. The van der Waals surface area contributed by atoms with Gasteiger partial charge in [0.1, 0.15) is 0 Å². The van der Waals surface area contributed by atoms with Gasteiger partial charge in [0.2, 0.25) is 0 Å². The number of allylic oxidation sites excluding steroid dienone is 1. The highest BCUT2D eigenvalue weighted by atomic mass is 16.4. The third-order valence-corrected chi connectivity index (χ3v) is 7.84. The van der Waals surface area contributed by atoms with E-state index in [-0.39, 0.29) is 5.92 Å². The van der Waals surface area contributed by atoms with Gasteiger partial charge in [0.25, 0.3) is 0 Å². The quantitative estimate of drug-likeness (QED) is 0.608. The van der Waals surface area contributed by atoms with Gasteiger partial charge in [-0.2, -0.15) is 0 Å². The largest absolute Gasteiger partial charge is 0.481 e. The second-order valence-electron chi connectivity index (χ2n) is 8.98. The monoisotopic (exact) mass is 332 g/mol. The van der Waals surface area contributed by atoms with Crippen LogP contribution >= 0.6 is 0 Å². The zero-order chi connectivity index (χ0) is 17.0. The summed E-state index contributed by atoms with van der Waals surface area (Å²) in [6.07, 6.45) is 20.3. The number of carboxylic acid groups (broad SMARTS) is 1. The Bertz CT molecular complexity index is 419. The Labute approximate surface area is 148 Å². The highest BCUT2D eigenvalue weighted by Gasteiger charge is 2.42. The lowest BCUT2D eigenvalue weighted by Crippen LogP contribution is -2.38. The Hall–Kier alpha value is -0.790. The van der Waals surface area contributed by atoms with E-state index in [4.69, 9.17) is 0 Å². The van der Waals surface area contributed by atoms with Gasteiger partial charge in [0.15, 0.2) is 0 Å². The second kappa shape index (κ2) is 8.06. The standard InChI is InChI=1S/C22H36O2/c1-2-14-22(20-6-4-3-5-7-20)15-12-18(13-16-22)17-8-10-19(11-9-17)21(23)24/h2,17-20H,1,3-16H2,(H,23,24)/t17-,18-,19-,22-. The third kappa shape index (κ3) is 3.89. The molecule has 2 heteroatoms. The van der Waals surface area contributed by atoms with Crippen molar-refractivity contribution in [2.24, 2.45) is 29.1 Å². The normalized spacial score (nSPS) is 38.6. The smallest absolute Gasteiger partial charge is 0.306 e. The predicted molar refractivity (Wildman–Crippen MR) is 98.9 cm³/mol. The van der Waals surface area contributed by atoms with E-state index in [0.717, 1.165) is 43.4 Å². The van der Waals surface area contributed by atoms with E-state index in [1.54, 1.807) is 0 Å². The van der Waals surface area contributed by atoms with Crippen molar-refractivity contribution in [3.8, 4) is 0 Å². The van der Waals surface area contributed by atoms with Crippen LogP contribution in [0.1, 0.15) is 89.9 Å². The molecule has 0 atom stereocenters. The van der Waals surface area contributed by atoms with Crippen LogP contribution in [0, 0.1) is 29.1 Å². The molecule has 3 aliphatic carbocycles. The van der Waals surface area contributed by atoms with Crippen molar-refractivity contribution in [3.63, 3.8) is 0 Å². The van der Waals surface area contributed by atoms with Crippen LogP contribution in [0.5, 0.6) is 0 Å². The summed E-state index contributed by atoms with van der Waals surface area (Å²) in [4.78, 5) is 11.2. The molecule has 3 aliphatic rings. The van der Waals surface area contributed by atoms with Gasteiger partial charge in [0, 0.05) is 0 Å². The van der Waals surface area contributed by atoms with Crippen LogP contribution in [0.4, 0.5) is 0 Å². The molecule has 24 heavy (non-hydrogen) atoms. The molecule has 0 aromatic carbocycles. The van der Waals surface area contributed by atoms with Gasteiger partial charge >= 0.3 is 5.97 Å². The molecule has 3 rings (SSSR count). The molecule has 0 spiro atoms. The first-order chi connectivity index (χ1) is 11.6. The van der Waals surface area contributed by atoms with Crippen molar-refractivity contribution < 1.29 is 9.90 Å². The lowest BCUT2D eigenvalue weighted by Gasteiger charge is -2.48. The van der Waals surface area contributed by atoms with Crippen LogP contribution in [0.15, 0.2) is 12.7 Å². The van der Waals surface area contributed by atoms with Gasteiger partial charge in [-0.15, -0.1) is 6.58 Å². The van der Waals surface area contributed by atoms with Crippen LogP contribution in [-0.4, -0.2) is 11.1 Å². The molecule has 136 valence electrons. The summed E-state index contributed by atoms with van der Waals surface area (Å²) in [7, 11) is 0. The Morgan fingerprint density at radius 2 is 1.50 bits per heavy atom. The van der Waals surface area contributed by atoms with Crippen LogP contribution in [0.2, 0.25) is 0 Å². The van der Waals surface area contributed by atoms with E-state index in [0.29, 0.717) is 5.41 Å². The number of aliphatic carboxylic acids is 1. The van der Waals surface area contributed by atoms with E-state index in [1.165, 1.54) is 64.2 Å². The van der Waals surface area contributed by atoms with Gasteiger partial charge < -0.3 is 5.11 Å². The minimum absolute atomic E-state index is 0.0630. The van der Waals surface area contributed by atoms with Crippen molar-refractivity contribution in [1.82, 2.24) is 0 Å². The summed E-state index contributed by atoms with van der Waals surface area (Å²) in [6.45, 7) is 4.07. The zero-order valence-corrected chi connectivity index (χ0v) is 15.3. The molecule has 0 aliphatic heterocycles. The molecular formula is C22H36O2. The highest BCUT2D eigenvalue weighted by Crippen LogP contribution is 2.54. The number of carboxylic acids is 1. The molecule has 0 radical (unpaired) electrons. The van der Waals surface area contributed by atoms with E-state index in [1.807, 2.05) is 0 Å². The lowest BCUT2D eigenvalue weighted by molar-refractivity contribution is -0.143. The molecular weight excluding hydrogens is 296 g/mol. The minimum Gasteiger partial charge on any atom is -0.481 e. The molecule has 0 aromatic rings. The minimum atomic E-state index is -0.570. The maximum Gasteiger partial charge on any atom is 0.306 e. The molecule has 0 bridgehead atoms. The van der Waals surface area contributed by atoms with Crippen LogP contribution in [0.25, 0.3) is 0 Å². The van der Waals surface area contributed by atoms with E-state index < -0.39 is 5.97 Å². The van der Waals surface area contributed by atoms with Gasteiger partial charge in [-0.3, -0.25) is 4.79 Å². The molecule has 0 amide bonds. The highest BCUT2D eigenvalue weighted by molar-refractivity contribution is 5.69. The zero-order valence-electron chi connectivity index (χ0n) is 15.3. The molecule has 0 aromatic heterocycles. The maximum absolute atomic E-state index is 11.2. The van der Waals surface area contributed by atoms with Crippen molar-refractivity contribution in [2.75, 3.05) is 0 Å². The van der Waals surface area contributed by atoms with E-state index >= 15 is 0 Å². The van der Waals surface area contributed by atoms with E-state index in [9.17, 15) is 9.90 Å². The summed E-state index contributed by atoms with van der Waals surface area (Å²) >= 11 is 0. The number of rotatable bonds is 5. The first-order valence-corrected chi connectivity index (χ1v) is 10.5. The summed E-state index contributed by atoms with van der Waals surface area (Å²) in [5.74, 6) is 1.97. The lowest BCUT2D eigenvalue weighted by atomic mass is 9.57. The number of hydrogen-bond acceptors (Lipinski definition) is 1. The first kappa shape index (κ1) is 18.0. The van der Waals surface area contributed by atoms with Crippen LogP contribution in [0.3, 0.4) is 0 Å². The van der Waals surface area contributed by atoms with Crippen LogP contribution < -0.4 is 0 Å². The van der Waals surface area contributed by atoms with Crippen molar-refractivity contribution in [2.45, 2.75) is 89.9 Å².